The summed E-state index contributed by atoms with van der Waals surface area (Å²) < 4.78 is 1.94. The van der Waals surface area contributed by atoms with Crippen LogP contribution >= 0.6 is 0 Å². The molecule has 0 saturated heterocycles. The Kier molecular flexibility index (Phi) is 3.25. The highest BCUT2D eigenvalue weighted by atomic mass is 15.3. The maximum atomic E-state index is 5.18. The van der Waals surface area contributed by atoms with E-state index in [0.717, 1.165) is 12.1 Å². The largest absolute Gasteiger partial charge is 0.272 e. The molecule has 4 heteroatoms. The zero-order valence-corrected chi connectivity index (χ0v) is 7.62. The molecule has 3 N–H and O–H groups in total. The molecule has 0 fully saturated rings. The second-order valence-corrected chi connectivity index (χ2v) is 3.35. The number of hydrogen-bond donors (Lipinski definition) is 2. The van der Waals surface area contributed by atoms with Crippen molar-refractivity contribution in [1.29, 1.82) is 0 Å². The molecule has 1 aromatic rings. The molecule has 12 heavy (non-hydrogen) atoms. The van der Waals surface area contributed by atoms with Crippen LogP contribution in [0.2, 0.25) is 0 Å². The smallest absolute Gasteiger partial charge is 0.0535 e. The van der Waals surface area contributed by atoms with Crippen LogP contribution in [-0.4, -0.2) is 9.78 Å². The maximum absolute atomic E-state index is 5.18. The SMILES string of the molecule is CC(C)Cn1cc(CNN)cn1. The van der Waals surface area contributed by atoms with Crippen LogP contribution in [0.25, 0.3) is 0 Å². The molecule has 68 valence electrons. The molecule has 1 heterocycles. The van der Waals surface area contributed by atoms with Crippen molar-refractivity contribution in [3.05, 3.63) is 18.0 Å². The number of aromatic nitrogens is 2. The molecule has 0 aliphatic carbocycles. The molecule has 0 bridgehead atoms. The monoisotopic (exact) mass is 168 g/mol. The Balaban J connectivity index is 2.52. The summed E-state index contributed by atoms with van der Waals surface area (Å²) in [7, 11) is 0. The van der Waals surface area contributed by atoms with E-state index in [1.54, 1.807) is 0 Å². The third kappa shape index (κ3) is 2.64. The van der Waals surface area contributed by atoms with E-state index in [1.807, 2.05) is 17.1 Å². The van der Waals surface area contributed by atoms with Gasteiger partial charge in [-0.15, -0.1) is 0 Å². The molecule has 0 unspecified atom stereocenters. The lowest BCUT2D eigenvalue weighted by atomic mass is 10.2. The van der Waals surface area contributed by atoms with Crippen molar-refractivity contribution in [2.75, 3.05) is 0 Å². The lowest BCUT2D eigenvalue weighted by molar-refractivity contribution is 0.482. The number of nitrogens with two attached hydrogens (primary N) is 1. The summed E-state index contributed by atoms with van der Waals surface area (Å²) in [5, 5.41) is 4.20. The van der Waals surface area contributed by atoms with Crippen molar-refractivity contribution < 1.29 is 0 Å². The number of hydrogen-bond acceptors (Lipinski definition) is 3. The van der Waals surface area contributed by atoms with Crippen LogP contribution in [0.5, 0.6) is 0 Å². The predicted octanol–water partition coefficient (Wildman–Crippen LogP) is 0.502. The van der Waals surface area contributed by atoms with E-state index in [1.165, 1.54) is 0 Å². The molecule has 0 aliphatic heterocycles. The molecule has 1 aromatic heterocycles. The summed E-state index contributed by atoms with van der Waals surface area (Å²) in [6.07, 6.45) is 3.85. The molecular weight excluding hydrogens is 152 g/mol. The number of nitrogens with one attached hydrogen (secondary N) is 1. The third-order valence-electron chi connectivity index (χ3n) is 1.55. The van der Waals surface area contributed by atoms with Gasteiger partial charge in [0.1, 0.15) is 0 Å². The molecule has 0 spiro atoms. The number of hydrazine groups is 1. The van der Waals surface area contributed by atoms with Crippen molar-refractivity contribution in [2.24, 2.45) is 11.8 Å². The Labute approximate surface area is 72.7 Å². The molecule has 1 rings (SSSR count). The van der Waals surface area contributed by atoms with Gasteiger partial charge in [-0.3, -0.25) is 16.0 Å². The van der Waals surface area contributed by atoms with Crippen molar-refractivity contribution in [3.63, 3.8) is 0 Å². The molecule has 0 aromatic carbocycles. The van der Waals surface area contributed by atoms with Gasteiger partial charge in [0.2, 0.25) is 0 Å². The van der Waals surface area contributed by atoms with Crippen LogP contribution in [0.15, 0.2) is 12.4 Å². The number of rotatable bonds is 4. The van der Waals surface area contributed by atoms with E-state index in [0.29, 0.717) is 12.5 Å². The summed E-state index contributed by atoms with van der Waals surface area (Å²) in [4.78, 5) is 0. The van der Waals surface area contributed by atoms with Gasteiger partial charge in [-0.05, 0) is 5.92 Å². The minimum Gasteiger partial charge on any atom is -0.272 e. The number of nitrogens with zero attached hydrogens (tertiary/aromatic N) is 2. The van der Waals surface area contributed by atoms with Gasteiger partial charge in [0, 0.05) is 24.8 Å². The highest BCUT2D eigenvalue weighted by Gasteiger charge is 1.99. The Bertz CT molecular complexity index is 229. The third-order valence-corrected chi connectivity index (χ3v) is 1.55. The van der Waals surface area contributed by atoms with Gasteiger partial charge in [0.15, 0.2) is 0 Å². The average molecular weight is 168 g/mol. The highest BCUT2D eigenvalue weighted by Crippen LogP contribution is 2.00. The quantitative estimate of drug-likeness (QED) is 0.508. The fraction of sp³-hybridized carbons (Fsp3) is 0.625. The van der Waals surface area contributed by atoms with Gasteiger partial charge >= 0.3 is 0 Å². The van der Waals surface area contributed by atoms with Crippen LogP contribution in [0.1, 0.15) is 19.4 Å². The van der Waals surface area contributed by atoms with Crippen LogP contribution in [0, 0.1) is 5.92 Å². The Hall–Kier alpha value is -0.870. The molecule has 0 aliphatic rings. The Morgan fingerprint density at radius 1 is 1.67 bits per heavy atom. The molecule has 0 amide bonds. The lowest BCUT2D eigenvalue weighted by Gasteiger charge is -2.03. The first-order chi connectivity index (χ1) is 5.72. The molecular formula is C8H16N4. The summed E-state index contributed by atoms with van der Waals surface area (Å²) in [5.74, 6) is 5.81. The average Bonchev–Trinajstić information content (AvgIpc) is 2.36. The van der Waals surface area contributed by atoms with Gasteiger partial charge in [-0.2, -0.15) is 5.10 Å². The first-order valence-electron chi connectivity index (χ1n) is 4.17. The van der Waals surface area contributed by atoms with Gasteiger partial charge < -0.3 is 0 Å². The topological polar surface area (TPSA) is 55.9 Å². The summed E-state index contributed by atoms with van der Waals surface area (Å²) in [5.41, 5.74) is 3.72. The van der Waals surface area contributed by atoms with Gasteiger partial charge in [0.25, 0.3) is 0 Å². The van der Waals surface area contributed by atoms with E-state index in [9.17, 15) is 0 Å². The normalized spacial score (nSPS) is 11.0. The zero-order chi connectivity index (χ0) is 8.97. The van der Waals surface area contributed by atoms with Crippen LogP contribution in [-0.2, 0) is 13.1 Å². The van der Waals surface area contributed by atoms with Crippen molar-refractivity contribution >= 4 is 0 Å². The second-order valence-electron chi connectivity index (χ2n) is 3.35. The minimum absolute atomic E-state index is 0.628. The van der Waals surface area contributed by atoms with Crippen molar-refractivity contribution in [1.82, 2.24) is 15.2 Å². The molecule has 0 atom stereocenters. The van der Waals surface area contributed by atoms with E-state index < -0.39 is 0 Å². The van der Waals surface area contributed by atoms with E-state index in [4.69, 9.17) is 5.84 Å². The molecule has 4 nitrogen and oxygen atoms in total. The highest BCUT2D eigenvalue weighted by molar-refractivity contribution is 5.02. The Morgan fingerprint density at radius 2 is 2.42 bits per heavy atom. The maximum Gasteiger partial charge on any atom is 0.0535 e. The lowest BCUT2D eigenvalue weighted by Crippen LogP contribution is -2.20. The predicted molar refractivity (Wildman–Crippen MR) is 48.1 cm³/mol. The first kappa shape index (κ1) is 9.22. The van der Waals surface area contributed by atoms with Crippen LogP contribution < -0.4 is 11.3 Å². The summed E-state index contributed by atoms with van der Waals surface area (Å²) in [6.45, 7) is 5.98. The van der Waals surface area contributed by atoms with Crippen LogP contribution in [0.3, 0.4) is 0 Å². The van der Waals surface area contributed by atoms with Crippen molar-refractivity contribution in [2.45, 2.75) is 26.9 Å². The molecule has 0 saturated carbocycles. The van der Waals surface area contributed by atoms with Gasteiger partial charge in [0.05, 0.1) is 6.20 Å². The first-order valence-corrected chi connectivity index (χ1v) is 4.17. The zero-order valence-electron chi connectivity index (χ0n) is 7.62. The fourth-order valence-electron chi connectivity index (χ4n) is 1.09. The van der Waals surface area contributed by atoms with Crippen molar-refractivity contribution in [3.8, 4) is 0 Å². The van der Waals surface area contributed by atoms with E-state index in [2.05, 4.69) is 24.4 Å². The standard InChI is InChI=1S/C8H16N4/c1-7(2)5-12-6-8(3-10-9)4-11-12/h4,6-7,10H,3,5,9H2,1-2H3. The van der Waals surface area contributed by atoms with Gasteiger partial charge in [-0.25, -0.2) is 0 Å². The van der Waals surface area contributed by atoms with E-state index >= 15 is 0 Å². The summed E-state index contributed by atoms with van der Waals surface area (Å²) in [6, 6.07) is 0. The second kappa shape index (κ2) is 4.23. The van der Waals surface area contributed by atoms with E-state index in [-0.39, 0.29) is 0 Å². The van der Waals surface area contributed by atoms with Gasteiger partial charge in [-0.1, -0.05) is 13.8 Å². The summed E-state index contributed by atoms with van der Waals surface area (Å²) >= 11 is 0. The van der Waals surface area contributed by atoms with Crippen LogP contribution in [0.4, 0.5) is 0 Å². The fourth-order valence-corrected chi connectivity index (χ4v) is 1.09. The Morgan fingerprint density at radius 3 is 3.00 bits per heavy atom. The minimum atomic E-state index is 0.628. The molecule has 0 radical (unpaired) electrons.